The van der Waals surface area contributed by atoms with E-state index in [-0.39, 0.29) is 5.56 Å². The van der Waals surface area contributed by atoms with E-state index >= 15 is 0 Å². The molecule has 0 atom stereocenters. The molecule has 16 heavy (non-hydrogen) atoms. The van der Waals surface area contributed by atoms with E-state index in [0.717, 1.165) is 6.42 Å². The summed E-state index contributed by atoms with van der Waals surface area (Å²) in [5.41, 5.74) is -0.102. The van der Waals surface area contributed by atoms with Crippen LogP contribution in [0.2, 0.25) is 0 Å². The summed E-state index contributed by atoms with van der Waals surface area (Å²) in [5.74, 6) is -2.46. The van der Waals surface area contributed by atoms with Crippen molar-refractivity contribution in [3.63, 3.8) is 0 Å². The fourth-order valence-electron chi connectivity index (χ4n) is 2.06. The molecule has 1 fully saturated rings. The first-order chi connectivity index (χ1) is 7.69. The molecule has 0 saturated carbocycles. The molecule has 0 unspecified atom stereocenters. The van der Waals surface area contributed by atoms with Gasteiger partial charge in [0.15, 0.2) is 0 Å². The van der Waals surface area contributed by atoms with Crippen LogP contribution in [0.4, 0.5) is 8.78 Å². The van der Waals surface area contributed by atoms with Crippen LogP contribution in [-0.2, 0) is 15.3 Å². The molecule has 0 aromatic heterocycles. The Balaban J connectivity index is 2.46. The van der Waals surface area contributed by atoms with Gasteiger partial charge in [0.2, 0.25) is 5.79 Å². The maximum atomic E-state index is 13.7. The fraction of sp³-hybridized carbons (Fsp3) is 0.500. The van der Waals surface area contributed by atoms with Gasteiger partial charge in [-0.25, -0.2) is 8.78 Å². The van der Waals surface area contributed by atoms with E-state index in [9.17, 15) is 8.78 Å². The van der Waals surface area contributed by atoms with Gasteiger partial charge in [-0.15, -0.1) is 0 Å². The quantitative estimate of drug-likeness (QED) is 0.791. The predicted octanol–water partition coefficient (Wildman–Crippen LogP) is 2.96. The van der Waals surface area contributed by atoms with Gasteiger partial charge in [-0.1, -0.05) is 19.4 Å². The van der Waals surface area contributed by atoms with Crippen LogP contribution in [0.15, 0.2) is 18.2 Å². The molecule has 88 valence electrons. The van der Waals surface area contributed by atoms with Gasteiger partial charge in [0.25, 0.3) is 0 Å². The van der Waals surface area contributed by atoms with Gasteiger partial charge < -0.3 is 9.47 Å². The highest BCUT2D eigenvalue weighted by Crippen LogP contribution is 2.38. The Bertz CT molecular complexity index is 353. The molecule has 1 aromatic carbocycles. The molecule has 2 nitrogen and oxygen atoms in total. The second kappa shape index (κ2) is 4.47. The van der Waals surface area contributed by atoms with Gasteiger partial charge in [-0.2, -0.15) is 0 Å². The minimum Gasteiger partial charge on any atom is -0.343 e. The van der Waals surface area contributed by atoms with Crippen LogP contribution in [0, 0.1) is 11.6 Å². The number of benzene rings is 1. The van der Waals surface area contributed by atoms with Crippen molar-refractivity contribution in [3.8, 4) is 0 Å². The summed E-state index contributed by atoms with van der Waals surface area (Å²) >= 11 is 0. The van der Waals surface area contributed by atoms with Gasteiger partial charge in [-0.05, 0) is 12.1 Å². The minimum atomic E-state index is -1.23. The topological polar surface area (TPSA) is 18.5 Å². The van der Waals surface area contributed by atoms with Crippen LogP contribution in [0.3, 0.4) is 0 Å². The summed E-state index contributed by atoms with van der Waals surface area (Å²) < 4.78 is 38.2. The highest BCUT2D eigenvalue weighted by molar-refractivity contribution is 5.25. The lowest BCUT2D eigenvalue weighted by Crippen LogP contribution is -2.29. The summed E-state index contributed by atoms with van der Waals surface area (Å²) in [6, 6.07) is 3.78. The largest absolute Gasteiger partial charge is 0.343 e. The first kappa shape index (κ1) is 11.5. The Labute approximate surface area is 93.2 Å². The Morgan fingerprint density at radius 3 is 2.25 bits per heavy atom. The summed E-state index contributed by atoms with van der Waals surface area (Å²) in [6.45, 7) is 2.66. The van der Waals surface area contributed by atoms with Crippen molar-refractivity contribution in [2.75, 3.05) is 13.2 Å². The second-order valence-electron chi connectivity index (χ2n) is 3.80. The summed E-state index contributed by atoms with van der Waals surface area (Å²) in [4.78, 5) is 0. The maximum absolute atomic E-state index is 13.7. The van der Waals surface area contributed by atoms with E-state index in [1.807, 2.05) is 6.92 Å². The molecular weight excluding hydrogens is 214 g/mol. The van der Waals surface area contributed by atoms with Crippen LogP contribution >= 0.6 is 0 Å². The molecule has 1 saturated heterocycles. The van der Waals surface area contributed by atoms with Crippen LogP contribution in [0.25, 0.3) is 0 Å². The SMILES string of the molecule is CCCC1(c2c(F)cccc2F)OCCO1. The predicted molar refractivity (Wildman–Crippen MR) is 54.8 cm³/mol. The maximum Gasteiger partial charge on any atom is 0.200 e. The molecule has 0 bridgehead atoms. The zero-order chi connectivity index (χ0) is 11.6. The highest BCUT2D eigenvalue weighted by Gasteiger charge is 2.42. The molecular formula is C12H14F2O2. The van der Waals surface area contributed by atoms with Gasteiger partial charge in [0, 0.05) is 6.42 Å². The number of hydrogen-bond acceptors (Lipinski definition) is 2. The molecule has 2 rings (SSSR count). The van der Waals surface area contributed by atoms with Crippen molar-refractivity contribution in [1.82, 2.24) is 0 Å². The lowest BCUT2D eigenvalue weighted by molar-refractivity contribution is -0.174. The van der Waals surface area contributed by atoms with Gasteiger partial charge in [0.1, 0.15) is 11.6 Å². The number of ether oxygens (including phenoxy) is 2. The Morgan fingerprint density at radius 1 is 1.19 bits per heavy atom. The van der Waals surface area contributed by atoms with Crippen molar-refractivity contribution in [3.05, 3.63) is 35.4 Å². The molecule has 0 radical (unpaired) electrons. The molecule has 1 heterocycles. The van der Waals surface area contributed by atoms with Crippen LogP contribution < -0.4 is 0 Å². The molecule has 0 aliphatic carbocycles. The molecule has 0 amide bonds. The lowest BCUT2D eigenvalue weighted by atomic mass is 9.99. The third-order valence-corrected chi connectivity index (χ3v) is 2.68. The van der Waals surface area contributed by atoms with E-state index in [1.165, 1.54) is 18.2 Å². The Kier molecular flexibility index (Phi) is 3.21. The molecule has 0 N–H and O–H groups in total. The van der Waals surface area contributed by atoms with Crippen LogP contribution in [-0.4, -0.2) is 13.2 Å². The normalized spacial score (nSPS) is 18.9. The molecule has 4 heteroatoms. The van der Waals surface area contributed by atoms with Crippen molar-refractivity contribution >= 4 is 0 Å². The van der Waals surface area contributed by atoms with Crippen molar-refractivity contribution < 1.29 is 18.3 Å². The van der Waals surface area contributed by atoms with Crippen molar-refractivity contribution in [1.29, 1.82) is 0 Å². The monoisotopic (exact) mass is 228 g/mol. The van der Waals surface area contributed by atoms with E-state index in [0.29, 0.717) is 19.6 Å². The average molecular weight is 228 g/mol. The third kappa shape index (κ3) is 1.83. The van der Waals surface area contributed by atoms with Crippen molar-refractivity contribution in [2.24, 2.45) is 0 Å². The van der Waals surface area contributed by atoms with Crippen LogP contribution in [0.1, 0.15) is 25.3 Å². The Morgan fingerprint density at radius 2 is 1.75 bits per heavy atom. The van der Waals surface area contributed by atoms with E-state index in [4.69, 9.17) is 9.47 Å². The van der Waals surface area contributed by atoms with Crippen molar-refractivity contribution in [2.45, 2.75) is 25.6 Å². The zero-order valence-corrected chi connectivity index (χ0v) is 9.13. The van der Waals surface area contributed by atoms with E-state index < -0.39 is 17.4 Å². The molecule has 0 spiro atoms. The number of rotatable bonds is 3. The summed E-state index contributed by atoms with van der Waals surface area (Å²) in [5, 5.41) is 0. The number of halogens is 2. The molecule has 1 aliphatic rings. The third-order valence-electron chi connectivity index (χ3n) is 2.68. The first-order valence-electron chi connectivity index (χ1n) is 5.42. The smallest absolute Gasteiger partial charge is 0.200 e. The highest BCUT2D eigenvalue weighted by atomic mass is 19.1. The Hall–Kier alpha value is -1.00. The van der Waals surface area contributed by atoms with Gasteiger partial charge >= 0.3 is 0 Å². The lowest BCUT2D eigenvalue weighted by Gasteiger charge is -2.28. The summed E-state index contributed by atoms with van der Waals surface area (Å²) in [7, 11) is 0. The standard InChI is InChI=1S/C12H14F2O2/c1-2-6-12(15-7-8-16-12)11-9(13)4-3-5-10(11)14/h3-5H,2,6-8H2,1H3. The first-order valence-corrected chi connectivity index (χ1v) is 5.42. The fourth-order valence-corrected chi connectivity index (χ4v) is 2.06. The summed E-state index contributed by atoms with van der Waals surface area (Å²) in [6.07, 6.45) is 1.18. The average Bonchev–Trinajstić information content (AvgIpc) is 2.67. The second-order valence-corrected chi connectivity index (χ2v) is 3.80. The van der Waals surface area contributed by atoms with Gasteiger partial charge in [-0.3, -0.25) is 0 Å². The minimum absolute atomic E-state index is 0.102. The van der Waals surface area contributed by atoms with E-state index in [2.05, 4.69) is 0 Å². The van der Waals surface area contributed by atoms with Gasteiger partial charge in [0.05, 0.1) is 18.8 Å². The van der Waals surface area contributed by atoms with Crippen LogP contribution in [0.5, 0.6) is 0 Å². The number of hydrogen-bond donors (Lipinski definition) is 0. The zero-order valence-electron chi connectivity index (χ0n) is 9.13. The molecule has 1 aliphatic heterocycles. The molecule has 1 aromatic rings. The van der Waals surface area contributed by atoms with E-state index in [1.54, 1.807) is 0 Å².